The van der Waals surface area contributed by atoms with Crippen LogP contribution in [0.1, 0.15) is 91.4 Å². The number of carboxylic acids is 1. The third-order valence-corrected chi connectivity index (χ3v) is 8.60. The topological polar surface area (TPSA) is 272 Å². The molecule has 18 nitrogen and oxygen atoms in total. The Morgan fingerprint density at radius 2 is 1.30 bits per heavy atom. The lowest BCUT2D eigenvalue weighted by Gasteiger charge is -2.40. The highest BCUT2D eigenvalue weighted by Gasteiger charge is 2.44. The molecule has 9 N–H and O–H groups in total. The van der Waals surface area contributed by atoms with Crippen molar-refractivity contribution in [1.82, 2.24) is 16.0 Å². The van der Waals surface area contributed by atoms with E-state index in [0.29, 0.717) is 26.4 Å². The maximum Gasteiger partial charge on any atom is 0.303 e. The summed E-state index contributed by atoms with van der Waals surface area (Å²) in [5.74, 6) is -3.78. The van der Waals surface area contributed by atoms with Gasteiger partial charge in [0, 0.05) is 26.0 Å². The van der Waals surface area contributed by atoms with Gasteiger partial charge < -0.3 is 70.3 Å². The Bertz CT molecular complexity index is 1030. The fraction of sp³-hybridized carbons (Fsp3) is 0.886. The first kappa shape index (κ1) is 48.5. The molecule has 1 saturated heterocycles. The van der Waals surface area contributed by atoms with Crippen LogP contribution >= 0.6 is 0 Å². The van der Waals surface area contributed by atoms with E-state index < -0.39 is 85.3 Å². The molecule has 9 atom stereocenters. The summed E-state index contributed by atoms with van der Waals surface area (Å²) in [5, 5.41) is 66.5. The van der Waals surface area contributed by atoms with Crippen molar-refractivity contribution in [2.45, 2.75) is 146 Å². The largest absolute Gasteiger partial charge is 0.481 e. The van der Waals surface area contributed by atoms with Crippen LogP contribution in [0.4, 0.5) is 0 Å². The first-order valence-electron chi connectivity index (χ1n) is 18.8. The van der Waals surface area contributed by atoms with Crippen molar-refractivity contribution in [3.63, 3.8) is 0 Å². The van der Waals surface area contributed by atoms with Crippen molar-refractivity contribution in [1.29, 1.82) is 0 Å². The SMILES string of the molecule is CCCCCCCCCCOCCOCCOCCNC(=O)[C@@H](NC(=O)[C@@H](NC(=O)CCCC(=O)O)[C@@H](O)CO)[C@@H](C)O[C@@H]1O[C@@H](C)[C@@H](O)[C@@H](O)[C@@H]1O. The molecule has 0 saturated carbocycles. The summed E-state index contributed by atoms with van der Waals surface area (Å²) in [6.45, 7) is 6.27. The Labute approximate surface area is 312 Å². The van der Waals surface area contributed by atoms with Crippen LogP contribution in [-0.2, 0) is 42.9 Å². The zero-order chi connectivity index (χ0) is 39.6. The number of aliphatic hydroxyl groups is 5. The zero-order valence-electron chi connectivity index (χ0n) is 31.5. The minimum absolute atomic E-state index is 0.00681. The highest BCUT2D eigenvalue weighted by Crippen LogP contribution is 2.23. The van der Waals surface area contributed by atoms with Crippen LogP contribution in [0.2, 0.25) is 0 Å². The van der Waals surface area contributed by atoms with Gasteiger partial charge in [-0.25, -0.2) is 0 Å². The molecule has 53 heavy (non-hydrogen) atoms. The number of aliphatic hydroxyl groups excluding tert-OH is 5. The van der Waals surface area contributed by atoms with E-state index in [0.717, 1.165) is 12.8 Å². The van der Waals surface area contributed by atoms with Gasteiger partial charge in [0.2, 0.25) is 17.7 Å². The Kier molecular flexibility index (Phi) is 26.4. The molecule has 1 aliphatic heterocycles. The van der Waals surface area contributed by atoms with E-state index in [9.17, 15) is 44.7 Å². The third kappa shape index (κ3) is 20.7. The van der Waals surface area contributed by atoms with Crippen molar-refractivity contribution in [3.05, 3.63) is 0 Å². The molecule has 0 unspecified atom stereocenters. The molecule has 0 bridgehead atoms. The van der Waals surface area contributed by atoms with Gasteiger partial charge in [-0.3, -0.25) is 19.2 Å². The number of carbonyl (C=O) groups excluding carboxylic acids is 3. The van der Waals surface area contributed by atoms with Crippen molar-refractivity contribution in [2.24, 2.45) is 0 Å². The summed E-state index contributed by atoms with van der Waals surface area (Å²) in [6.07, 6.45) is -1.10. The summed E-state index contributed by atoms with van der Waals surface area (Å²) in [5.41, 5.74) is 0. The Balaban J connectivity index is 2.63. The summed E-state index contributed by atoms with van der Waals surface area (Å²) < 4.78 is 27.8. The second-order valence-electron chi connectivity index (χ2n) is 13.2. The molecule has 0 aromatic carbocycles. The van der Waals surface area contributed by atoms with Crippen LogP contribution in [-0.4, -0.2) is 162 Å². The van der Waals surface area contributed by atoms with Crippen LogP contribution in [0, 0.1) is 0 Å². The molecule has 1 rings (SSSR count). The van der Waals surface area contributed by atoms with Crippen LogP contribution in [0.25, 0.3) is 0 Å². The van der Waals surface area contributed by atoms with Crippen molar-refractivity contribution in [3.8, 4) is 0 Å². The number of aliphatic carboxylic acids is 1. The molecule has 0 aromatic rings. The van der Waals surface area contributed by atoms with Crippen molar-refractivity contribution in [2.75, 3.05) is 52.8 Å². The number of ether oxygens (including phenoxy) is 5. The minimum atomic E-state index is -1.79. The number of rotatable bonds is 31. The maximum absolute atomic E-state index is 13.3. The van der Waals surface area contributed by atoms with E-state index in [-0.39, 0.29) is 39.0 Å². The zero-order valence-corrected chi connectivity index (χ0v) is 31.5. The molecule has 310 valence electrons. The van der Waals surface area contributed by atoms with Gasteiger partial charge in [0.05, 0.1) is 51.8 Å². The standard InChI is InChI=1S/C35H65N3O15/c1-4-5-6-7-8-9-10-11-16-49-18-20-51-21-19-50-17-15-36-33(47)28(23(2)52-35-32(46)31(45)30(44)24(3)53-35)38-34(48)29(25(40)22-39)37-26(41)13-12-14-27(42)43/h23-25,28-32,35,39-40,44-46H,4-22H2,1-3H3,(H,36,47)(H,37,41)(H,38,48)(H,42,43)/t23-,24+,25+,28+,29+,30-,31-,32+,35-/m1/s1. The van der Waals surface area contributed by atoms with Gasteiger partial charge in [0.15, 0.2) is 6.29 Å². The monoisotopic (exact) mass is 767 g/mol. The van der Waals surface area contributed by atoms with Gasteiger partial charge in [-0.15, -0.1) is 0 Å². The quantitative estimate of drug-likeness (QED) is 0.0387. The molecule has 3 amide bonds. The third-order valence-electron chi connectivity index (χ3n) is 8.60. The number of unbranched alkanes of at least 4 members (excludes halogenated alkanes) is 7. The van der Waals surface area contributed by atoms with Crippen LogP contribution in [0.5, 0.6) is 0 Å². The second kappa shape index (κ2) is 28.9. The molecular weight excluding hydrogens is 702 g/mol. The summed E-state index contributed by atoms with van der Waals surface area (Å²) in [4.78, 5) is 49.8. The number of hydrogen-bond donors (Lipinski definition) is 9. The van der Waals surface area contributed by atoms with E-state index in [1.54, 1.807) is 0 Å². The number of nitrogens with one attached hydrogen (secondary N) is 3. The molecule has 0 radical (unpaired) electrons. The molecule has 18 heteroatoms. The molecule has 1 heterocycles. The fourth-order valence-electron chi connectivity index (χ4n) is 5.38. The van der Waals surface area contributed by atoms with Gasteiger partial charge >= 0.3 is 5.97 Å². The molecule has 1 aliphatic rings. The van der Waals surface area contributed by atoms with Gasteiger partial charge in [-0.2, -0.15) is 0 Å². The van der Waals surface area contributed by atoms with Crippen LogP contribution in [0.3, 0.4) is 0 Å². The van der Waals surface area contributed by atoms with Gasteiger partial charge in [0.1, 0.15) is 36.5 Å². The predicted molar refractivity (Wildman–Crippen MR) is 189 cm³/mol. The number of carboxylic acid groups (broad SMARTS) is 1. The molecule has 1 fully saturated rings. The molecule has 0 spiro atoms. The van der Waals surface area contributed by atoms with Crippen LogP contribution < -0.4 is 16.0 Å². The highest BCUT2D eigenvalue weighted by molar-refractivity contribution is 5.92. The minimum Gasteiger partial charge on any atom is -0.481 e. The predicted octanol–water partition coefficient (Wildman–Crippen LogP) is -0.897. The Hall–Kier alpha value is -2.52. The second-order valence-corrected chi connectivity index (χ2v) is 13.2. The lowest BCUT2D eigenvalue weighted by atomic mass is 10.00. The fourth-order valence-corrected chi connectivity index (χ4v) is 5.38. The van der Waals surface area contributed by atoms with Gasteiger partial charge in [-0.1, -0.05) is 51.9 Å². The van der Waals surface area contributed by atoms with Crippen molar-refractivity contribution < 1.29 is 73.5 Å². The average molecular weight is 768 g/mol. The summed E-state index contributed by atoms with van der Waals surface area (Å²) >= 11 is 0. The van der Waals surface area contributed by atoms with E-state index in [1.165, 1.54) is 52.4 Å². The molecule has 0 aliphatic carbocycles. The normalized spacial score (nSPS) is 22.4. The Morgan fingerprint density at radius 1 is 0.717 bits per heavy atom. The van der Waals surface area contributed by atoms with E-state index in [4.69, 9.17) is 28.8 Å². The number of amides is 3. The first-order valence-corrected chi connectivity index (χ1v) is 18.8. The molecular formula is C35H65N3O15. The molecule has 0 aromatic heterocycles. The van der Waals surface area contributed by atoms with Crippen LogP contribution in [0.15, 0.2) is 0 Å². The van der Waals surface area contributed by atoms with E-state index >= 15 is 0 Å². The lowest BCUT2D eigenvalue weighted by molar-refractivity contribution is -0.303. The summed E-state index contributed by atoms with van der Waals surface area (Å²) in [7, 11) is 0. The Morgan fingerprint density at radius 3 is 1.91 bits per heavy atom. The average Bonchev–Trinajstić information content (AvgIpc) is 3.12. The first-order chi connectivity index (χ1) is 25.3. The summed E-state index contributed by atoms with van der Waals surface area (Å²) in [6, 6.07) is -3.28. The lowest BCUT2D eigenvalue weighted by Crippen LogP contribution is -2.62. The van der Waals surface area contributed by atoms with E-state index in [1.807, 2.05) is 0 Å². The van der Waals surface area contributed by atoms with Gasteiger partial charge in [0.25, 0.3) is 0 Å². The smallest absolute Gasteiger partial charge is 0.303 e. The maximum atomic E-state index is 13.3. The van der Waals surface area contributed by atoms with E-state index in [2.05, 4.69) is 22.9 Å². The van der Waals surface area contributed by atoms with Gasteiger partial charge in [-0.05, 0) is 26.7 Å². The highest BCUT2D eigenvalue weighted by atomic mass is 16.7. The number of hydrogen-bond acceptors (Lipinski definition) is 14. The number of carbonyl (C=O) groups is 4. The van der Waals surface area contributed by atoms with Crippen molar-refractivity contribution >= 4 is 23.7 Å².